The van der Waals surface area contributed by atoms with E-state index in [0.717, 1.165) is 13.0 Å². The number of carbonyl (C=O) groups is 1. The average molecular weight is 182 g/mol. The molecule has 1 saturated heterocycles. The van der Waals surface area contributed by atoms with Crippen molar-refractivity contribution in [2.75, 3.05) is 6.54 Å². The minimum absolute atomic E-state index is 0.0862. The van der Waals surface area contributed by atoms with Crippen molar-refractivity contribution < 1.29 is 4.79 Å². The van der Waals surface area contributed by atoms with Gasteiger partial charge in [-0.05, 0) is 32.2 Å². The van der Waals surface area contributed by atoms with Gasteiger partial charge in [-0.1, -0.05) is 12.8 Å². The summed E-state index contributed by atoms with van der Waals surface area (Å²) in [5.74, 6) is 0.226. The second-order valence-corrected chi connectivity index (χ2v) is 4.14. The predicted octanol–water partition coefficient (Wildman–Crippen LogP) is 0.797. The zero-order chi connectivity index (χ0) is 9.10. The van der Waals surface area contributed by atoms with Crippen LogP contribution in [0.15, 0.2) is 0 Å². The van der Waals surface area contributed by atoms with E-state index in [-0.39, 0.29) is 11.9 Å². The molecule has 0 aromatic rings. The maximum Gasteiger partial charge on any atom is 0.237 e. The molecule has 2 rings (SSSR count). The Hall–Kier alpha value is -0.570. The van der Waals surface area contributed by atoms with Gasteiger partial charge in [-0.3, -0.25) is 4.79 Å². The van der Waals surface area contributed by atoms with Crippen LogP contribution in [0.25, 0.3) is 0 Å². The van der Waals surface area contributed by atoms with Crippen LogP contribution in [0.5, 0.6) is 0 Å². The molecule has 1 saturated carbocycles. The summed E-state index contributed by atoms with van der Waals surface area (Å²) in [6.07, 6.45) is 7.04. The molecule has 1 aliphatic heterocycles. The molecule has 1 aliphatic carbocycles. The summed E-state index contributed by atoms with van der Waals surface area (Å²) >= 11 is 0. The summed E-state index contributed by atoms with van der Waals surface area (Å²) in [4.78, 5) is 11.6. The fourth-order valence-electron chi connectivity index (χ4n) is 1.78. The minimum atomic E-state index is 0.0862. The second-order valence-electron chi connectivity index (χ2n) is 4.14. The summed E-state index contributed by atoms with van der Waals surface area (Å²) in [6, 6.07) is 0.584. The van der Waals surface area contributed by atoms with Crippen LogP contribution in [0, 0.1) is 0 Å². The number of carbonyl (C=O) groups excluding carboxylic acids is 1. The number of rotatable bonds is 2. The summed E-state index contributed by atoms with van der Waals surface area (Å²) in [6.45, 7) is 1.00. The lowest BCUT2D eigenvalue weighted by molar-refractivity contribution is -0.123. The van der Waals surface area contributed by atoms with Crippen LogP contribution >= 0.6 is 0 Å². The van der Waals surface area contributed by atoms with Crippen LogP contribution in [-0.2, 0) is 4.79 Å². The fraction of sp³-hybridized carbons (Fsp3) is 0.900. The summed E-state index contributed by atoms with van der Waals surface area (Å²) < 4.78 is 0. The molecule has 1 amide bonds. The van der Waals surface area contributed by atoms with E-state index in [2.05, 4.69) is 10.6 Å². The van der Waals surface area contributed by atoms with Crippen LogP contribution < -0.4 is 10.6 Å². The van der Waals surface area contributed by atoms with Gasteiger partial charge in [0.05, 0.1) is 6.04 Å². The van der Waals surface area contributed by atoms with Gasteiger partial charge in [0.1, 0.15) is 0 Å². The lowest BCUT2D eigenvalue weighted by Gasteiger charge is -2.14. The quantitative estimate of drug-likeness (QED) is 0.663. The lowest BCUT2D eigenvalue weighted by Crippen LogP contribution is -2.44. The Bertz CT molecular complexity index is 181. The van der Waals surface area contributed by atoms with Gasteiger partial charge in [0, 0.05) is 6.04 Å². The second kappa shape index (κ2) is 4.09. The van der Waals surface area contributed by atoms with Gasteiger partial charge in [-0.15, -0.1) is 0 Å². The molecule has 1 heterocycles. The van der Waals surface area contributed by atoms with Gasteiger partial charge in [0.2, 0.25) is 5.91 Å². The molecule has 2 fully saturated rings. The first-order valence-electron chi connectivity index (χ1n) is 5.40. The first kappa shape index (κ1) is 9.00. The highest BCUT2D eigenvalue weighted by Gasteiger charge is 2.27. The largest absolute Gasteiger partial charge is 0.352 e. The molecule has 2 aliphatic rings. The number of nitrogens with one attached hydrogen (secondary N) is 2. The molecule has 0 aromatic heterocycles. The summed E-state index contributed by atoms with van der Waals surface area (Å²) in [5, 5.41) is 6.35. The first-order valence-corrected chi connectivity index (χ1v) is 5.40. The van der Waals surface area contributed by atoms with Crippen molar-refractivity contribution in [2.24, 2.45) is 0 Å². The Labute approximate surface area is 79.3 Å². The lowest BCUT2D eigenvalue weighted by atomic mass is 10.1. The smallest absolute Gasteiger partial charge is 0.237 e. The number of amides is 1. The third-order valence-electron chi connectivity index (χ3n) is 2.80. The molecule has 0 aromatic carbocycles. The first-order chi connectivity index (χ1) is 6.36. The van der Waals surface area contributed by atoms with E-state index in [1.807, 2.05) is 0 Å². The van der Waals surface area contributed by atoms with Crippen LogP contribution in [0.2, 0.25) is 0 Å². The van der Waals surface area contributed by atoms with Crippen molar-refractivity contribution in [1.29, 1.82) is 0 Å². The number of hydrogen-bond acceptors (Lipinski definition) is 2. The molecular weight excluding hydrogens is 164 g/mol. The third kappa shape index (κ3) is 2.69. The van der Waals surface area contributed by atoms with Crippen LogP contribution in [0.3, 0.4) is 0 Å². The summed E-state index contributed by atoms with van der Waals surface area (Å²) in [7, 11) is 0. The van der Waals surface area contributed by atoms with Crippen molar-refractivity contribution in [1.82, 2.24) is 10.6 Å². The Kier molecular flexibility index (Phi) is 2.83. The zero-order valence-electron chi connectivity index (χ0n) is 8.01. The van der Waals surface area contributed by atoms with Crippen molar-refractivity contribution in [3.8, 4) is 0 Å². The zero-order valence-corrected chi connectivity index (χ0v) is 8.01. The van der Waals surface area contributed by atoms with Gasteiger partial charge in [0.25, 0.3) is 0 Å². The van der Waals surface area contributed by atoms with Crippen molar-refractivity contribution in [2.45, 2.75) is 50.6 Å². The van der Waals surface area contributed by atoms with E-state index < -0.39 is 0 Å². The summed E-state index contributed by atoms with van der Waals surface area (Å²) in [5.41, 5.74) is 0. The number of hydrogen-bond donors (Lipinski definition) is 2. The Morgan fingerprint density at radius 1 is 1.15 bits per heavy atom. The minimum Gasteiger partial charge on any atom is -0.352 e. The molecule has 0 bridgehead atoms. The Morgan fingerprint density at radius 2 is 2.00 bits per heavy atom. The molecule has 0 unspecified atom stereocenters. The highest BCUT2D eigenvalue weighted by Crippen LogP contribution is 2.19. The van der Waals surface area contributed by atoms with E-state index in [1.54, 1.807) is 0 Å². The Morgan fingerprint density at radius 3 is 2.77 bits per heavy atom. The van der Waals surface area contributed by atoms with Gasteiger partial charge in [-0.2, -0.15) is 0 Å². The molecule has 2 N–H and O–H groups in total. The van der Waals surface area contributed by atoms with E-state index in [0.29, 0.717) is 6.04 Å². The molecule has 74 valence electrons. The highest BCUT2D eigenvalue weighted by molar-refractivity contribution is 5.82. The van der Waals surface area contributed by atoms with Crippen molar-refractivity contribution >= 4 is 5.91 Å². The standard InChI is InChI=1S/C10H18N2O/c13-10(12-8-5-6-8)9-4-2-1-3-7-11-9/h8-9,11H,1-7H2,(H,12,13)/t9-/m0/s1. The maximum absolute atomic E-state index is 11.6. The van der Waals surface area contributed by atoms with Gasteiger partial charge in [0.15, 0.2) is 0 Å². The van der Waals surface area contributed by atoms with E-state index in [4.69, 9.17) is 0 Å². The third-order valence-corrected chi connectivity index (χ3v) is 2.80. The van der Waals surface area contributed by atoms with Crippen molar-refractivity contribution in [3.05, 3.63) is 0 Å². The van der Waals surface area contributed by atoms with Gasteiger partial charge >= 0.3 is 0 Å². The molecule has 1 atom stereocenters. The van der Waals surface area contributed by atoms with Gasteiger partial charge < -0.3 is 10.6 Å². The van der Waals surface area contributed by atoms with Crippen LogP contribution in [-0.4, -0.2) is 24.5 Å². The van der Waals surface area contributed by atoms with E-state index >= 15 is 0 Å². The normalized spacial score (nSPS) is 29.4. The van der Waals surface area contributed by atoms with Gasteiger partial charge in [-0.25, -0.2) is 0 Å². The Balaban J connectivity index is 1.78. The van der Waals surface area contributed by atoms with Crippen molar-refractivity contribution in [3.63, 3.8) is 0 Å². The van der Waals surface area contributed by atoms with Crippen LogP contribution in [0.1, 0.15) is 38.5 Å². The van der Waals surface area contributed by atoms with Crippen LogP contribution in [0.4, 0.5) is 0 Å². The highest BCUT2D eigenvalue weighted by atomic mass is 16.2. The maximum atomic E-state index is 11.6. The SMILES string of the molecule is O=C(NC1CC1)[C@@H]1CCCCCN1. The molecular formula is C10H18N2O. The average Bonchev–Trinajstić information content (AvgIpc) is 2.87. The molecule has 3 nitrogen and oxygen atoms in total. The monoisotopic (exact) mass is 182 g/mol. The van der Waals surface area contributed by atoms with E-state index in [9.17, 15) is 4.79 Å². The predicted molar refractivity (Wildman–Crippen MR) is 51.4 cm³/mol. The van der Waals surface area contributed by atoms with E-state index in [1.165, 1.54) is 32.1 Å². The molecule has 0 radical (unpaired) electrons. The molecule has 0 spiro atoms. The fourth-order valence-corrected chi connectivity index (χ4v) is 1.78. The topological polar surface area (TPSA) is 41.1 Å². The molecule has 13 heavy (non-hydrogen) atoms. The molecule has 3 heteroatoms.